The third-order valence-corrected chi connectivity index (χ3v) is 6.15. The largest absolute Gasteiger partial charge is 0.496 e. The number of hydrogen-bond donors (Lipinski definition) is 1. The molecule has 6 nitrogen and oxygen atoms in total. The van der Waals surface area contributed by atoms with E-state index in [1.807, 2.05) is 19.9 Å². The summed E-state index contributed by atoms with van der Waals surface area (Å²) in [5.41, 5.74) is 2.51. The number of aliphatic carboxylic acids is 1. The molecule has 2 rings (SSSR count). The highest BCUT2D eigenvalue weighted by atomic mass is 32.2. The van der Waals surface area contributed by atoms with E-state index in [2.05, 4.69) is 0 Å². The second-order valence-electron chi connectivity index (χ2n) is 6.21. The van der Waals surface area contributed by atoms with Gasteiger partial charge in [0.05, 0.1) is 12.0 Å². The zero-order valence-corrected chi connectivity index (χ0v) is 16.1. The molecule has 1 atom stereocenters. The van der Waals surface area contributed by atoms with Gasteiger partial charge in [-0.2, -0.15) is 4.31 Å². The lowest BCUT2D eigenvalue weighted by atomic mass is 10.0. The van der Waals surface area contributed by atoms with E-state index in [4.69, 9.17) is 4.74 Å². The van der Waals surface area contributed by atoms with E-state index in [0.717, 1.165) is 15.4 Å². The number of methoxy groups -OCH3 is 1. The highest BCUT2D eigenvalue weighted by Crippen LogP contribution is 2.25. The lowest BCUT2D eigenvalue weighted by molar-refractivity contribution is -0.141. The van der Waals surface area contributed by atoms with Gasteiger partial charge in [-0.15, -0.1) is 0 Å². The van der Waals surface area contributed by atoms with Gasteiger partial charge < -0.3 is 9.84 Å². The van der Waals surface area contributed by atoms with Gasteiger partial charge in [0, 0.05) is 13.5 Å². The first-order valence-corrected chi connectivity index (χ1v) is 9.52. The fourth-order valence-corrected chi connectivity index (χ4v) is 4.00. The molecule has 0 bridgehead atoms. The number of likely N-dealkylation sites (N-methyl/N-ethyl adjacent to an activating group) is 1. The van der Waals surface area contributed by atoms with Gasteiger partial charge in [-0.05, 0) is 37.6 Å². The Hall–Kier alpha value is -2.38. The summed E-state index contributed by atoms with van der Waals surface area (Å²) in [5, 5.41) is 9.65. The maximum absolute atomic E-state index is 12.8. The van der Waals surface area contributed by atoms with E-state index >= 15 is 0 Å². The maximum Gasteiger partial charge on any atom is 0.322 e. The normalized spacial score (nSPS) is 12.8. The van der Waals surface area contributed by atoms with Crippen molar-refractivity contribution in [3.63, 3.8) is 0 Å². The van der Waals surface area contributed by atoms with E-state index in [1.165, 1.54) is 26.3 Å². The predicted molar refractivity (Wildman–Crippen MR) is 99.0 cm³/mol. The van der Waals surface area contributed by atoms with Crippen molar-refractivity contribution in [3.05, 3.63) is 59.2 Å². The van der Waals surface area contributed by atoms with Crippen LogP contribution in [0.3, 0.4) is 0 Å². The van der Waals surface area contributed by atoms with Crippen LogP contribution in [-0.4, -0.2) is 44.0 Å². The van der Waals surface area contributed by atoms with Crippen molar-refractivity contribution in [1.82, 2.24) is 4.31 Å². The van der Waals surface area contributed by atoms with Crippen LogP contribution in [-0.2, 0) is 21.2 Å². The van der Waals surface area contributed by atoms with Crippen LogP contribution in [0.1, 0.15) is 16.7 Å². The van der Waals surface area contributed by atoms with Crippen molar-refractivity contribution in [2.45, 2.75) is 31.2 Å². The van der Waals surface area contributed by atoms with E-state index in [-0.39, 0.29) is 11.3 Å². The Morgan fingerprint density at radius 1 is 1.12 bits per heavy atom. The Labute approximate surface area is 154 Å². The molecule has 26 heavy (non-hydrogen) atoms. The number of nitrogens with zero attached hydrogens (tertiary/aromatic N) is 1. The van der Waals surface area contributed by atoms with Crippen molar-refractivity contribution in [1.29, 1.82) is 0 Å². The Bertz CT molecular complexity index is 891. The number of hydrogen-bond acceptors (Lipinski definition) is 4. The number of sulfonamides is 1. The summed E-state index contributed by atoms with van der Waals surface area (Å²) in [6.45, 7) is 3.73. The van der Waals surface area contributed by atoms with Crippen LogP contribution in [0.15, 0.2) is 47.4 Å². The van der Waals surface area contributed by atoms with Crippen LogP contribution >= 0.6 is 0 Å². The number of carboxylic acids is 1. The molecule has 0 aromatic heterocycles. The molecule has 0 fully saturated rings. The molecule has 7 heteroatoms. The van der Waals surface area contributed by atoms with E-state index in [9.17, 15) is 18.3 Å². The van der Waals surface area contributed by atoms with Crippen LogP contribution in [0.2, 0.25) is 0 Å². The highest BCUT2D eigenvalue weighted by molar-refractivity contribution is 7.89. The predicted octanol–water partition coefficient (Wildman–Crippen LogP) is 2.63. The SMILES string of the molecule is COc1ccc(C)cc1C[C@@H](C(=O)O)N(C)S(=O)(=O)c1ccc(C)cc1. The first-order chi connectivity index (χ1) is 12.2. The minimum absolute atomic E-state index is 0.00176. The van der Waals surface area contributed by atoms with Crippen molar-refractivity contribution in [2.75, 3.05) is 14.2 Å². The minimum atomic E-state index is -3.94. The number of ether oxygens (including phenoxy) is 1. The fraction of sp³-hybridized carbons (Fsp3) is 0.316. The molecule has 2 aromatic rings. The van der Waals surface area contributed by atoms with Crippen molar-refractivity contribution >= 4 is 16.0 Å². The Kier molecular flexibility index (Phi) is 6.05. The number of rotatable bonds is 7. The monoisotopic (exact) mass is 377 g/mol. The van der Waals surface area contributed by atoms with Crippen LogP contribution in [0.25, 0.3) is 0 Å². The highest BCUT2D eigenvalue weighted by Gasteiger charge is 2.33. The summed E-state index contributed by atoms with van der Waals surface area (Å²) in [5.74, 6) is -0.685. The first-order valence-electron chi connectivity index (χ1n) is 8.08. The summed E-state index contributed by atoms with van der Waals surface area (Å²) >= 11 is 0. The number of aryl methyl sites for hydroxylation is 2. The molecule has 0 unspecified atom stereocenters. The molecule has 140 valence electrons. The number of benzene rings is 2. The van der Waals surface area contributed by atoms with Gasteiger partial charge in [0.15, 0.2) is 0 Å². The van der Waals surface area contributed by atoms with Gasteiger partial charge in [0.1, 0.15) is 11.8 Å². The van der Waals surface area contributed by atoms with Gasteiger partial charge in [-0.25, -0.2) is 8.42 Å². The second kappa shape index (κ2) is 7.88. The molecule has 2 aromatic carbocycles. The van der Waals surface area contributed by atoms with Gasteiger partial charge in [0.2, 0.25) is 10.0 Å². The molecule has 0 saturated carbocycles. The van der Waals surface area contributed by atoms with Crippen molar-refractivity contribution < 1.29 is 23.1 Å². The van der Waals surface area contributed by atoms with Gasteiger partial charge in [-0.1, -0.05) is 35.4 Å². The Balaban J connectivity index is 2.39. The minimum Gasteiger partial charge on any atom is -0.496 e. The quantitative estimate of drug-likeness (QED) is 0.802. The van der Waals surface area contributed by atoms with Crippen LogP contribution in [0.4, 0.5) is 0 Å². The molecular weight excluding hydrogens is 354 g/mol. The summed E-state index contributed by atoms with van der Waals surface area (Å²) in [6.07, 6.45) is 0.00176. The molecular formula is C19H23NO5S. The first kappa shape index (κ1) is 19.9. The molecule has 0 spiro atoms. The standard InChI is InChI=1S/C19H23NO5S/c1-13-5-8-16(9-6-13)26(23,24)20(3)17(19(21)22)12-15-11-14(2)7-10-18(15)25-4/h5-11,17H,12H2,1-4H3,(H,21,22)/t17-/m0/s1. The lowest BCUT2D eigenvalue weighted by Crippen LogP contribution is -2.43. The molecule has 0 radical (unpaired) electrons. The van der Waals surface area contributed by atoms with Crippen molar-refractivity contribution in [2.24, 2.45) is 0 Å². The maximum atomic E-state index is 12.8. The average molecular weight is 377 g/mol. The average Bonchev–Trinajstić information content (AvgIpc) is 2.59. The van der Waals surface area contributed by atoms with Crippen LogP contribution in [0.5, 0.6) is 5.75 Å². The van der Waals surface area contributed by atoms with E-state index in [1.54, 1.807) is 24.3 Å². The summed E-state index contributed by atoms with van der Waals surface area (Å²) in [6, 6.07) is 10.5. The zero-order valence-electron chi connectivity index (χ0n) is 15.3. The van der Waals surface area contributed by atoms with E-state index in [0.29, 0.717) is 11.3 Å². The Morgan fingerprint density at radius 3 is 2.23 bits per heavy atom. The van der Waals surface area contributed by atoms with Crippen LogP contribution in [0, 0.1) is 13.8 Å². The van der Waals surface area contributed by atoms with Gasteiger partial charge >= 0.3 is 5.97 Å². The smallest absolute Gasteiger partial charge is 0.322 e. The third-order valence-electron chi connectivity index (χ3n) is 4.27. The molecule has 1 N–H and O–H groups in total. The third kappa shape index (κ3) is 4.23. The number of carboxylic acid groups (broad SMARTS) is 1. The van der Waals surface area contributed by atoms with Gasteiger partial charge in [0.25, 0.3) is 0 Å². The Morgan fingerprint density at radius 2 is 1.69 bits per heavy atom. The van der Waals surface area contributed by atoms with Crippen molar-refractivity contribution in [3.8, 4) is 5.75 Å². The van der Waals surface area contributed by atoms with E-state index < -0.39 is 22.0 Å². The van der Waals surface area contributed by atoms with Gasteiger partial charge in [-0.3, -0.25) is 4.79 Å². The molecule has 0 saturated heterocycles. The molecule has 0 amide bonds. The topological polar surface area (TPSA) is 83.9 Å². The molecule has 0 heterocycles. The lowest BCUT2D eigenvalue weighted by Gasteiger charge is -2.25. The zero-order chi connectivity index (χ0) is 19.5. The summed E-state index contributed by atoms with van der Waals surface area (Å²) in [7, 11) is -1.15. The second-order valence-corrected chi connectivity index (χ2v) is 8.21. The fourth-order valence-electron chi connectivity index (χ4n) is 2.69. The number of carbonyl (C=O) groups is 1. The molecule has 0 aliphatic carbocycles. The summed E-state index contributed by atoms with van der Waals surface area (Å²) < 4.78 is 31.9. The summed E-state index contributed by atoms with van der Waals surface area (Å²) in [4.78, 5) is 11.9. The van der Waals surface area contributed by atoms with Crippen LogP contribution < -0.4 is 4.74 Å². The molecule has 0 aliphatic heterocycles. The molecule has 0 aliphatic rings.